The lowest BCUT2D eigenvalue weighted by Gasteiger charge is -2.28. The van der Waals surface area contributed by atoms with Gasteiger partial charge in [0.25, 0.3) is 0 Å². The maximum atomic E-state index is 12.5. The number of nitrogens with one attached hydrogen (secondary N) is 1. The molecule has 0 saturated carbocycles. The Morgan fingerprint density at radius 2 is 2.00 bits per heavy atom. The van der Waals surface area contributed by atoms with E-state index < -0.39 is 10.0 Å². The molecule has 2 rings (SSSR count). The Kier molecular flexibility index (Phi) is 4.79. The quantitative estimate of drug-likeness (QED) is 0.827. The molecule has 0 spiro atoms. The van der Waals surface area contributed by atoms with Crippen molar-refractivity contribution in [1.29, 1.82) is 0 Å². The Labute approximate surface area is 120 Å². The molecule has 8 heteroatoms. The number of aromatic amines is 1. The molecule has 20 heavy (non-hydrogen) atoms. The maximum absolute atomic E-state index is 12.5. The molecule has 0 amide bonds. The molecule has 7 nitrogen and oxygen atoms in total. The van der Waals surface area contributed by atoms with Gasteiger partial charge in [-0.25, -0.2) is 8.42 Å². The summed E-state index contributed by atoms with van der Waals surface area (Å²) in [6.07, 6.45) is 0. The Hall–Kier alpha value is -0.960. The molecule has 1 aromatic rings. The molecule has 2 heterocycles. The van der Waals surface area contributed by atoms with Crippen LogP contribution in [-0.4, -0.2) is 74.3 Å². The van der Waals surface area contributed by atoms with E-state index in [9.17, 15) is 8.42 Å². The minimum Gasteiger partial charge on any atom is -0.379 e. The van der Waals surface area contributed by atoms with Crippen LogP contribution in [0.1, 0.15) is 11.4 Å². The Morgan fingerprint density at radius 3 is 2.55 bits per heavy atom. The fourth-order valence-corrected chi connectivity index (χ4v) is 3.79. The smallest absolute Gasteiger partial charge is 0.246 e. The first-order valence-corrected chi connectivity index (χ1v) is 8.15. The van der Waals surface area contributed by atoms with Gasteiger partial charge in [0.05, 0.1) is 24.6 Å². The summed E-state index contributed by atoms with van der Waals surface area (Å²) >= 11 is 0. The summed E-state index contributed by atoms with van der Waals surface area (Å²) in [4.78, 5) is 2.51. The molecule has 1 N–H and O–H groups in total. The zero-order valence-corrected chi connectivity index (χ0v) is 13.0. The molecule has 1 aromatic heterocycles. The lowest BCUT2D eigenvalue weighted by molar-refractivity contribution is 0.0368. The highest BCUT2D eigenvalue weighted by atomic mass is 32.2. The summed E-state index contributed by atoms with van der Waals surface area (Å²) in [5.74, 6) is 0. The van der Waals surface area contributed by atoms with Crippen LogP contribution in [0, 0.1) is 13.8 Å². The van der Waals surface area contributed by atoms with Crippen molar-refractivity contribution in [3.05, 3.63) is 11.4 Å². The van der Waals surface area contributed by atoms with E-state index in [0.29, 0.717) is 22.8 Å². The standard InChI is InChI=1S/C12H22N4O3S/c1-10-12(11(2)14-13-10)20(17,18)15(3)4-5-16-6-8-19-9-7-16/h4-9H2,1-3H3,(H,13,14). The molecule has 1 aliphatic heterocycles. The number of sulfonamides is 1. The van der Waals surface area contributed by atoms with Crippen LogP contribution in [0.5, 0.6) is 0 Å². The van der Waals surface area contributed by atoms with E-state index in [0.717, 1.165) is 32.8 Å². The molecule has 1 saturated heterocycles. The van der Waals surface area contributed by atoms with Crippen LogP contribution in [0.15, 0.2) is 4.90 Å². The molecule has 1 fully saturated rings. The number of nitrogens with zero attached hydrogens (tertiary/aromatic N) is 3. The first-order valence-electron chi connectivity index (χ1n) is 6.71. The van der Waals surface area contributed by atoms with Gasteiger partial charge in [0, 0.05) is 33.2 Å². The summed E-state index contributed by atoms with van der Waals surface area (Å²) in [6, 6.07) is 0. The Bertz CT molecular complexity index is 530. The highest BCUT2D eigenvalue weighted by molar-refractivity contribution is 7.89. The van der Waals surface area contributed by atoms with Crippen molar-refractivity contribution < 1.29 is 13.2 Å². The first-order chi connectivity index (χ1) is 9.43. The predicted molar refractivity (Wildman–Crippen MR) is 75.1 cm³/mol. The number of ether oxygens (including phenoxy) is 1. The third-order valence-corrected chi connectivity index (χ3v) is 5.68. The number of rotatable bonds is 5. The van der Waals surface area contributed by atoms with Gasteiger partial charge in [-0.2, -0.15) is 9.40 Å². The van der Waals surface area contributed by atoms with E-state index in [-0.39, 0.29) is 0 Å². The van der Waals surface area contributed by atoms with Gasteiger partial charge in [-0.1, -0.05) is 0 Å². The van der Waals surface area contributed by atoms with E-state index >= 15 is 0 Å². The van der Waals surface area contributed by atoms with Crippen molar-refractivity contribution >= 4 is 10.0 Å². The largest absolute Gasteiger partial charge is 0.379 e. The molecule has 0 radical (unpaired) electrons. The monoisotopic (exact) mass is 302 g/mol. The second-order valence-electron chi connectivity index (χ2n) is 5.04. The van der Waals surface area contributed by atoms with Crippen molar-refractivity contribution in [2.75, 3.05) is 46.4 Å². The summed E-state index contributed by atoms with van der Waals surface area (Å²) in [6.45, 7) is 7.76. The Balaban J connectivity index is 2.02. The lowest BCUT2D eigenvalue weighted by atomic mass is 10.4. The summed E-state index contributed by atoms with van der Waals surface area (Å²) in [5, 5.41) is 6.68. The number of H-pyrrole nitrogens is 1. The average molecular weight is 302 g/mol. The van der Waals surface area contributed by atoms with E-state index in [2.05, 4.69) is 15.1 Å². The molecular formula is C12H22N4O3S. The number of likely N-dealkylation sites (N-methyl/N-ethyl adjacent to an activating group) is 1. The van der Waals surface area contributed by atoms with Crippen LogP contribution in [0.2, 0.25) is 0 Å². The van der Waals surface area contributed by atoms with E-state index in [4.69, 9.17) is 4.74 Å². The van der Waals surface area contributed by atoms with Crippen LogP contribution < -0.4 is 0 Å². The number of morpholine rings is 1. The Morgan fingerprint density at radius 1 is 1.35 bits per heavy atom. The number of aromatic nitrogens is 2. The van der Waals surface area contributed by atoms with E-state index in [1.165, 1.54) is 4.31 Å². The molecule has 0 unspecified atom stereocenters. The van der Waals surface area contributed by atoms with Gasteiger partial charge >= 0.3 is 0 Å². The van der Waals surface area contributed by atoms with Crippen LogP contribution in [0.25, 0.3) is 0 Å². The van der Waals surface area contributed by atoms with Crippen LogP contribution >= 0.6 is 0 Å². The van der Waals surface area contributed by atoms with Crippen molar-refractivity contribution in [3.8, 4) is 0 Å². The SMILES string of the molecule is Cc1n[nH]c(C)c1S(=O)(=O)N(C)CCN1CCOCC1. The maximum Gasteiger partial charge on any atom is 0.246 e. The molecule has 114 valence electrons. The van der Waals surface area contributed by atoms with Crippen molar-refractivity contribution in [2.24, 2.45) is 0 Å². The van der Waals surface area contributed by atoms with Crippen molar-refractivity contribution in [1.82, 2.24) is 19.4 Å². The molecule has 0 aliphatic carbocycles. The van der Waals surface area contributed by atoms with Gasteiger partial charge in [0.1, 0.15) is 4.90 Å². The molecule has 1 aliphatic rings. The molecule has 0 atom stereocenters. The lowest BCUT2D eigenvalue weighted by Crippen LogP contribution is -2.42. The average Bonchev–Trinajstić information content (AvgIpc) is 2.77. The summed E-state index contributed by atoms with van der Waals surface area (Å²) in [5.41, 5.74) is 1.10. The molecule has 0 aromatic carbocycles. The topological polar surface area (TPSA) is 78.5 Å². The highest BCUT2D eigenvalue weighted by Gasteiger charge is 2.27. The van der Waals surface area contributed by atoms with Crippen molar-refractivity contribution in [2.45, 2.75) is 18.7 Å². The van der Waals surface area contributed by atoms with E-state index in [1.807, 2.05) is 0 Å². The third-order valence-electron chi connectivity index (χ3n) is 3.56. The van der Waals surface area contributed by atoms with Crippen molar-refractivity contribution in [3.63, 3.8) is 0 Å². The minimum absolute atomic E-state index is 0.293. The van der Waals surface area contributed by atoms with E-state index in [1.54, 1.807) is 20.9 Å². The van der Waals surface area contributed by atoms with Gasteiger partial charge in [-0.3, -0.25) is 10.00 Å². The molecular weight excluding hydrogens is 280 g/mol. The summed E-state index contributed by atoms with van der Waals surface area (Å²) in [7, 11) is -1.86. The van der Waals surface area contributed by atoms with Crippen LogP contribution in [0.4, 0.5) is 0 Å². The number of aryl methyl sites for hydroxylation is 2. The fourth-order valence-electron chi connectivity index (χ4n) is 2.30. The zero-order chi connectivity index (χ0) is 14.8. The highest BCUT2D eigenvalue weighted by Crippen LogP contribution is 2.20. The fraction of sp³-hybridized carbons (Fsp3) is 0.750. The van der Waals surface area contributed by atoms with Gasteiger partial charge in [0.2, 0.25) is 10.0 Å². The summed E-state index contributed by atoms with van der Waals surface area (Å²) < 4.78 is 31.7. The number of hydrogen-bond acceptors (Lipinski definition) is 5. The minimum atomic E-state index is -3.48. The third kappa shape index (κ3) is 3.20. The number of hydrogen-bond donors (Lipinski definition) is 1. The van der Waals surface area contributed by atoms with Gasteiger partial charge in [-0.05, 0) is 13.8 Å². The molecule has 0 bridgehead atoms. The second kappa shape index (κ2) is 6.21. The predicted octanol–water partition coefficient (Wildman–Crippen LogP) is -0.0208. The van der Waals surface area contributed by atoms with Gasteiger partial charge in [-0.15, -0.1) is 0 Å². The first kappa shape index (κ1) is 15.4. The normalized spacial score (nSPS) is 17.8. The van der Waals surface area contributed by atoms with Crippen LogP contribution in [-0.2, 0) is 14.8 Å². The van der Waals surface area contributed by atoms with Gasteiger partial charge < -0.3 is 4.74 Å². The zero-order valence-electron chi connectivity index (χ0n) is 12.2. The second-order valence-corrected chi connectivity index (χ2v) is 7.03. The van der Waals surface area contributed by atoms with Crippen LogP contribution in [0.3, 0.4) is 0 Å². The van der Waals surface area contributed by atoms with Gasteiger partial charge in [0.15, 0.2) is 0 Å².